The summed E-state index contributed by atoms with van der Waals surface area (Å²) in [5, 5.41) is 0. The van der Waals surface area contributed by atoms with Crippen LogP contribution in [0.15, 0.2) is 24.3 Å². The van der Waals surface area contributed by atoms with E-state index in [1.54, 1.807) is 0 Å². The van der Waals surface area contributed by atoms with Gasteiger partial charge in [-0.15, -0.1) is 0 Å². The van der Waals surface area contributed by atoms with Gasteiger partial charge >= 0.3 is 0 Å². The highest BCUT2D eigenvalue weighted by Crippen LogP contribution is 2.50. The largest absolute Gasteiger partial charge is 0.369 e. The molecule has 2 saturated heterocycles. The lowest BCUT2D eigenvalue weighted by Gasteiger charge is -2.30. The molecule has 3 aliphatic rings. The molecule has 2 aliphatic heterocycles. The Bertz CT molecular complexity index is 489. The highest BCUT2D eigenvalue weighted by Gasteiger charge is 2.54. The maximum atomic E-state index is 6.31. The Morgan fingerprint density at radius 3 is 2.85 bits per heavy atom. The van der Waals surface area contributed by atoms with Crippen LogP contribution >= 0.6 is 0 Å². The van der Waals surface area contributed by atoms with Crippen molar-refractivity contribution in [2.24, 2.45) is 0 Å². The lowest BCUT2D eigenvalue weighted by molar-refractivity contribution is -0.193. The standard InChI is InChI=1S/C17H22O3/c1-17(11-19-17)16-13-7-3-2-6-12(13)10-14(16)20-15-8-4-5-9-18-15/h2-3,6-7,14-16H,4-5,8-11H2,1H3/t14-,15+,16-,17-/m0/s1. The molecule has 0 bridgehead atoms. The van der Waals surface area contributed by atoms with Crippen molar-refractivity contribution < 1.29 is 14.2 Å². The molecule has 0 radical (unpaired) electrons. The first-order valence-electron chi connectivity index (χ1n) is 7.75. The summed E-state index contributed by atoms with van der Waals surface area (Å²) in [4.78, 5) is 0. The minimum absolute atomic E-state index is 0.0205. The number of benzene rings is 1. The van der Waals surface area contributed by atoms with Crippen LogP contribution in [0, 0.1) is 0 Å². The molecule has 1 aliphatic carbocycles. The highest BCUT2D eigenvalue weighted by molar-refractivity contribution is 5.40. The zero-order valence-electron chi connectivity index (χ0n) is 12.0. The van der Waals surface area contributed by atoms with Crippen LogP contribution in [-0.2, 0) is 20.6 Å². The van der Waals surface area contributed by atoms with E-state index in [1.807, 2.05) is 0 Å². The summed E-state index contributed by atoms with van der Waals surface area (Å²) in [7, 11) is 0. The fourth-order valence-corrected chi connectivity index (χ4v) is 3.71. The normalized spacial score (nSPS) is 39.5. The van der Waals surface area contributed by atoms with Crippen LogP contribution in [0.4, 0.5) is 0 Å². The van der Waals surface area contributed by atoms with Crippen molar-refractivity contribution in [3.05, 3.63) is 35.4 Å². The lowest BCUT2D eigenvalue weighted by Crippen LogP contribution is -2.35. The van der Waals surface area contributed by atoms with E-state index in [2.05, 4.69) is 31.2 Å². The second kappa shape index (κ2) is 4.83. The average Bonchev–Trinajstić information content (AvgIpc) is 3.10. The molecule has 4 atom stereocenters. The molecule has 0 saturated carbocycles. The van der Waals surface area contributed by atoms with Gasteiger partial charge in [-0.3, -0.25) is 0 Å². The molecule has 0 unspecified atom stereocenters. The molecule has 0 amide bonds. The molecule has 108 valence electrons. The maximum Gasteiger partial charge on any atom is 0.157 e. The minimum Gasteiger partial charge on any atom is -0.369 e. The molecule has 2 heterocycles. The number of hydrogen-bond donors (Lipinski definition) is 0. The Morgan fingerprint density at radius 1 is 1.25 bits per heavy atom. The summed E-state index contributed by atoms with van der Waals surface area (Å²) >= 11 is 0. The van der Waals surface area contributed by atoms with Crippen molar-refractivity contribution in [2.45, 2.75) is 56.5 Å². The molecular formula is C17H22O3. The topological polar surface area (TPSA) is 31.0 Å². The average molecular weight is 274 g/mol. The Morgan fingerprint density at radius 2 is 2.10 bits per heavy atom. The summed E-state index contributed by atoms with van der Waals surface area (Å²) in [5.74, 6) is 0.351. The first-order valence-corrected chi connectivity index (χ1v) is 7.75. The molecule has 4 rings (SSSR count). The zero-order chi connectivity index (χ0) is 13.6. The summed E-state index contributed by atoms with van der Waals surface area (Å²) in [6.45, 7) is 3.89. The number of rotatable bonds is 3. The summed E-state index contributed by atoms with van der Waals surface area (Å²) < 4.78 is 17.8. The number of hydrogen-bond acceptors (Lipinski definition) is 3. The first-order chi connectivity index (χ1) is 9.76. The quantitative estimate of drug-likeness (QED) is 0.794. The highest BCUT2D eigenvalue weighted by atomic mass is 16.7. The van der Waals surface area contributed by atoms with Crippen molar-refractivity contribution in [3.63, 3.8) is 0 Å². The smallest absolute Gasteiger partial charge is 0.157 e. The van der Waals surface area contributed by atoms with E-state index in [0.717, 1.165) is 32.5 Å². The van der Waals surface area contributed by atoms with Crippen LogP contribution in [-0.4, -0.2) is 31.2 Å². The predicted molar refractivity (Wildman–Crippen MR) is 75.7 cm³/mol. The van der Waals surface area contributed by atoms with Gasteiger partial charge in [-0.05, 0) is 43.7 Å². The van der Waals surface area contributed by atoms with E-state index >= 15 is 0 Å². The molecule has 1 aromatic carbocycles. The predicted octanol–water partition coefficient (Wildman–Crippen LogP) is 3.03. The first kappa shape index (κ1) is 12.8. The van der Waals surface area contributed by atoms with Gasteiger partial charge < -0.3 is 14.2 Å². The van der Waals surface area contributed by atoms with E-state index in [1.165, 1.54) is 17.5 Å². The molecule has 0 spiro atoms. The van der Waals surface area contributed by atoms with E-state index in [4.69, 9.17) is 14.2 Å². The van der Waals surface area contributed by atoms with Gasteiger partial charge in [-0.1, -0.05) is 24.3 Å². The van der Waals surface area contributed by atoms with Crippen molar-refractivity contribution in [3.8, 4) is 0 Å². The molecule has 1 aromatic rings. The molecule has 3 heteroatoms. The van der Waals surface area contributed by atoms with Gasteiger partial charge in [0.05, 0.1) is 18.3 Å². The van der Waals surface area contributed by atoms with Crippen LogP contribution in [0.2, 0.25) is 0 Å². The zero-order valence-corrected chi connectivity index (χ0v) is 12.0. The molecular weight excluding hydrogens is 252 g/mol. The number of ether oxygens (including phenoxy) is 3. The SMILES string of the molecule is C[C@@]1([C@H]2c3ccccc3C[C@@H]2O[C@@H]2CCCCO2)CO1. The molecule has 0 N–H and O–H groups in total. The molecule has 2 fully saturated rings. The van der Waals surface area contributed by atoms with Crippen LogP contribution in [0.3, 0.4) is 0 Å². The summed E-state index contributed by atoms with van der Waals surface area (Å²) in [6, 6.07) is 8.69. The number of fused-ring (bicyclic) bond motifs is 1. The van der Waals surface area contributed by atoms with Gasteiger partial charge in [0.2, 0.25) is 0 Å². The minimum atomic E-state index is -0.0358. The van der Waals surface area contributed by atoms with Crippen LogP contribution in [0.1, 0.15) is 43.2 Å². The van der Waals surface area contributed by atoms with Crippen LogP contribution in [0.5, 0.6) is 0 Å². The van der Waals surface area contributed by atoms with Crippen LogP contribution in [0.25, 0.3) is 0 Å². The van der Waals surface area contributed by atoms with Gasteiger partial charge in [0.1, 0.15) is 0 Å². The summed E-state index contributed by atoms with van der Waals surface area (Å²) in [5.41, 5.74) is 2.79. The molecule has 3 nitrogen and oxygen atoms in total. The molecule has 0 aromatic heterocycles. The Kier molecular flexibility index (Phi) is 3.09. The van der Waals surface area contributed by atoms with E-state index in [9.17, 15) is 0 Å². The van der Waals surface area contributed by atoms with Gasteiger partial charge in [-0.25, -0.2) is 0 Å². The van der Waals surface area contributed by atoms with E-state index < -0.39 is 0 Å². The van der Waals surface area contributed by atoms with Crippen LogP contribution < -0.4 is 0 Å². The third kappa shape index (κ3) is 2.18. The third-order valence-corrected chi connectivity index (χ3v) is 4.91. The van der Waals surface area contributed by atoms with Crippen molar-refractivity contribution in [2.75, 3.05) is 13.2 Å². The van der Waals surface area contributed by atoms with Gasteiger partial charge in [0.15, 0.2) is 6.29 Å². The Labute approximate surface area is 120 Å². The van der Waals surface area contributed by atoms with Crippen molar-refractivity contribution in [1.29, 1.82) is 0 Å². The van der Waals surface area contributed by atoms with Gasteiger partial charge in [0, 0.05) is 12.5 Å². The van der Waals surface area contributed by atoms with Gasteiger partial charge in [0.25, 0.3) is 0 Å². The van der Waals surface area contributed by atoms with Crippen molar-refractivity contribution in [1.82, 2.24) is 0 Å². The van der Waals surface area contributed by atoms with E-state index in [-0.39, 0.29) is 18.0 Å². The maximum absolute atomic E-state index is 6.31. The Hall–Kier alpha value is -0.900. The molecule has 20 heavy (non-hydrogen) atoms. The van der Waals surface area contributed by atoms with Gasteiger partial charge in [-0.2, -0.15) is 0 Å². The number of epoxide rings is 1. The second-order valence-corrected chi connectivity index (χ2v) is 6.45. The third-order valence-electron chi connectivity index (χ3n) is 4.91. The Balaban J connectivity index is 1.57. The second-order valence-electron chi connectivity index (χ2n) is 6.45. The fourth-order valence-electron chi connectivity index (χ4n) is 3.71. The fraction of sp³-hybridized carbons (Fsp3) is 0.647. The van der Waals surface area contributed by atoms with E-state index in [0.29, 0.717) is 5.92 Å². The monoisotopic (exact) mass is 274 g/mol. The van der Waals surface area contributed by atoms with Crippen molar-refractivity contribution >= 4 is 0 Å². The lowest BCUT2D eigenvalue weighted by atomic mass is 9.87. The summed E-state index contributed by atoms with van der Waals surface area (Å²) in [6.07, 6.45) is 4.56.